The van der Waals surface area contributed by atoms with Gasteiger partial charge in [0.05, 0.1) is 14.2 Å². The fourth-order valence-corrected chi connectivity index (χ4v) is 1.64. The van der Waals surface area contributed by atoms with Crippen LogP contribution in [0.25, 0.3) is 11.3 Å². The number of rotatable bonds is 4. The van der Waals surface area contributed by atoms with Crippen LogP contribution < -0.4 is 20.7 Å². The molecular weight excluding hydrogens is 232 g/mol. The van der Waals surface area contributed by atoms with E-state index in [9.17, 15) is 0 Å². The molecule has 1 aromatic carbocycles. The first-order valence-electron chi connectivity index (χ1n) is 5.30. The molecule has 0 spiro atoms. The van der Waals surface area contributed by atoms with Gasteiger partial charge >= 0.3 is 0 Å². The molecule has 0 fully saturated rings. The molecule has 0 aliphatic carbocycles. The van der Waals surface area contributed by atoms with Crippen molar-refractivity contribution in [2.45, 2.75) is 0 Å². The topological polar surface area (TPSA) is 82.3 Å². The number of nitrogens with one attached hydrogen (secondary N) is 1. The summed E-state index contributed by atoms with van der Waals surface area (Å²) in [6.07, 6.45) is 3.17. The molecular formula is C12H14N4O2. The van der Waals surface area contributed by atoms with E-state index in [1.165, 1.54) is 0 Å². The highest BCUT2D eigenvalue weighted by atomic mass is 16.5. The lowest BCUT2D eigenvalue weighted by Gasteiger charge is -2.10. The van der Waals surface area contributed by atoms with Crippen LogP contribution in [0.3, 0.4) is 0 Å². The lowest BCUT2D eigenvalue weighted by molar-refractivity contribution is 0.355. The Labute approximate surface area is 105 Å². The summed E-state index contributed by atoms with van der Waals surface area (Å²) < 4.78 is 10.4. The van der Waals surface area contributed by atoms with Gasteiger partial charge in [0.15, 0.2) is 17.3 Å². The molecule has 0 aliphatic rings. The van der Waals surface area contributed by atoms with Gasteiger partial charge in [-0.05, 0) is 18.2 Å². The lowest BCUT2D eigenvalue weighted by atomic mass is 10.1. The molecule has 2 rings (SSSR count). The van der Waals surface area contributed by atoms with Crippen LogP contribution in [0.1, 0.15) is 0 Å². The van der Waals surface area contributed by atoms with Crippen molar-refractivity contribution in [2.75, 3.05) is 19.6 Å². The van der Waals surface area contributed by atoms with Gasteiger partial charge < -0.3 is 14.9 Å². The van der Waals surface area contributed by atoms with E-state index in [0.29, 0.717) is 23.0 Å². The van der Waals surface area contributed by atoms with Crippen LogP contribution in [0, 0.1) is 0 Å². The van der Waals surface area contributed by atoms with Crippen molar-refractivity contribution >= 4 is 5.82 Å². The summed E-state index contributed by atoms with van der Waals surface area (Å²) in [6, 6.07) is 5.50. The Hall–Kier alpha value is -2.34. The second-order valence-electron chi connectivity index (χ2n) is 3.47. The van der Waals surface area contributed by atoms with E-state index < -0.39 is 0 Å². The second-order valence-corrected chi connectivity index (χ2v) is 3.47. The molecule has 0 unspecified atom stereocenters. The Morgan fingerprint density at radius 3 is 2.44 bits per heavy atom. The van der Waals surface area contributed by atoms with Crippen molar-refractivity contribution in [1.82, 2.24) is 9.97 Å². The van der Waals surface area contributed by atoms with Gasteiger partial charge in [0, 0.05) is 18.0 Å². The molecule has 3 N–H and O–H groups in total. The average Bonchev–Trinajstić information content (AvgIpc) is 2.46. The van der Waals surface area contributed by atoms with Crippen LogP contribution in [0.4, 0.5) is 5.82 Å². The molecule has 0 aliphatic heterocycles. The van der Waals surface area contributed by atoms with E-state index in [1.807, 2.05) is 18.2 Å². The SMILES string of the molecule is COc1ccc(-c2nccnc2NN)cc1OC. The number of methoxy groups -OCH3 is 2. The summed E-state index contributed by atoms with van der Waals surface area (Å²) in [5, 5.41) is 0. The van der Waals surface area contributed by atoms with Crippen LogP contribution in [0.2, 0.25) is 0 Å². The van der Waals surface area contributed by atoms with Crippen LogP contribution in [0.5, 0.6) is 11.5 Å². The molecule has 1 heterocycles. The predicted molar refractivity (Wildman–Crippen MR) is 68.4 cm³/mol. The molecule has 1 aromatic heterocycles. The molecule has 0 amide bonds. The molecule has 2 aromatic rings. The number of nitrogen functional groups attached to an aromatic ring is 1. The van der Waals surface area contributed by atoms with Gasteiger partial charge in [-0.2, -0.15) is 0 Å². The molecule has 0 saturated carbocycles. The number of ether oxygens (including phenoxy) is 2. The number of benzene rings is 1. The number of anilines is 1. The normalized spacial score (nSPS) is 9.94. The third kappa shape index (κ3) is 2.18. The number of hydrogen-bond acceptors (Lipinski definition) is 6. The molecule has 0 saturated heterocycles. The number of hydrazine groups is 1. The minimum atomic E-state index is 0.504. The van der Waals surface area contributed by atoms with E-state index in [4.69, 9.17) is 15.3 Å². The number of nitrogens with zero attached hydrogens (tertiary/aromatic N) is 2. The van der Waals surface area contributed by atoms with Crippen molar-refractivity contribution in [2.24, 2.45) is 5.84 Å². The van der Waals surface area contributed by atoms with Crippen molar-refractivity contribution in [3.05, 3.63) is 30.6 Å². The molecule has 18 heavy (non-hydrogen) atoms. The van der Waals surface area contributed by atoms with E-state index in [0.717, 1.165) is 5.56 Å². The van der Waals surface area contributed by atoms with Crippen molar-refractivity contribution < 1.29 is 9.47 Å². The molecule has 0 atom stereocenters. The zero-order chi connectivity index (χ0) is 13.0. The second kappa shape index (κ2) is 5.33. The first kappa shape index (κ1) is 12.1. The van der Waals surface area contributed by atoms with Crippen molar-refractivity contribution in [3.63, 3.8) is 0 Å². The quantitative estimate of drug-likeness (QED) is 0.627. The van der Waals surface area contributed by atoms with E-state index >= 15 is 0 Å². The zero-order valence-electron chi connectivity index (χ0n) is 10.2. The molecule has 94 valence electrons. The monoisotopic (exact) mass is 246 g/mol. The molecule has 0 radical (unpaired) electrons. The number of aromatic nitrogens is 2. The summed E-state index contributed by atoms with van der Waals surface area (Å²) in [7, 11) is 3.17. The largest absolute Gasteiger partial charge is 0.493 e. The van der Waals surface area contributed by atoms with E-state index in [2.05, 4.69) is 15.4 Å². The van der Waals surface area contributed by atoms with Crippen molar-refractivity contribution in [3.8, 4) is 22.8 Å². The van der Waals surface area contributed by atoms with E-state index in [1.54, 1.807) is 26.6 Å². The Morgan fingerprint density at radius 1 is 1.06 bits per heavy atom. The van der Waals surface area contributed by atoms with Crippen LogP contribution in [-0.2, 0) is 0 Å². The lowest BCUT2D eigenvalue weighted by Crippen LogP contribution is -2.10. The van der Waals surface area contributed by atoms with Crippen LogP contribution >= 0.6 is 0 Å². The summed E-state index contributed by atoms with van der Waals surface area (Å²) in [5.74, 6) is 7.20. The maximum atomic E-state index is 5.41. The highest BCUT2D eigenvalue weighted by molar-refractivity contribution is 5.72. The Morgan fingerprint density at radius 2 is 1.78 bits per heavy atom. The Kier molecular flexibility index (Phi) is 3.59. The summed E-state index contributed by atoms with van der Waals surface area (Å²) in [5.41, 5.74) is 4.01. The maximum absolute atomic E-state index is 5.41. The van der Waals surface area contributed by atoms with Gasteiger partial charge in [0.25, 0.3) is 0 Å². The van der Waals surface area contributed by atoms with Gasteiger partial charge in [0.2, 0.25) is 0 Å². The third-order valence-corrected chi connectivity index (χ3v) is 2.49. The number of hydrogen-bond donors (Lipinski definition) is 2. The molecule has 6 heteroatoms. The fraction of sp³-hybridized carbons (Fsp3) is 0.167. The zero-order valence-corrected chi connectivity index (χ0v) is 10.2. The van der Waals surface area contributed by atoms with Gasteiger partial charge in [-0.1, -0.05) is 0 Å². The van der Waals surface area contributed by atoms with Gasteiger partial charge in [0.1, 0.15) is 5.69 Å². The maximum Gasteiger partial charge on any atom is 0.166 e. The van der Waals surface area contributed by atoms with Crippen LogP contribution in [0.15, 0.2) is 30.6 Å². The third-order valence-electron chi connectivity index (χ3n) is 2.49. The molecule has 6 nitrogen and oxygen atoms in total. The highest BCUT2D eigenvalue weighted by Crippen LogP contribution is 2.33. The first-order valence-corrected chi connectivity index (χ1v) is 5.30. The van der Waals surface area contributed by atoms with Gasteiger partial charge in [-0.3, -0.25) is 4.98 Å². The fourth-order valence-electron chi connectivity index (χ4n) is 1.64. The van der Waals surface area contributed by atoms with Crippen molar-refractivity contribution in [1.29, 1.82) is 0 Å². The van der Waals surface area contributed by atoms with E-state index in [-0.39, 0.29) is 0 Å². The van der Waals surface area contributed by atoms with Gasteiger partial charge in [-0.25, -0.2) is 10.8 Å². The average molecular weight is 246 g/mol. The Balaban J connectivity index is 2.51. The minimum absolute atomic E-state index is 0.504. The minimum Gasteiger partial charge on any atom is -0.493 e. The standard InChI is InChI=1S/C12H14N4O2/c1-17-9-4-3-8(7-10(9)18-2)11-12(16-13)15-6-5-14-11/h3-7H,13H2,1-2H3,(H,15,16). The molecule has 0 bridgehead atoms. The number of nitrogens with two attached hydrogens (primary N) is 1. The first-order chi connectivity index (χ1) is 8.80. The highest BCUT2D eigenvalue weighted by Gasteiger charge is 2.10. The Bertz CT molecular complexity index is 545. The van der Waals surface area contributed by atoms with Gasteiger partial charge in [-0.15, -0.1) is 0 Å². The smallest absolute Gasteiger partial charge is 0.166 e. The summed E-state index contributed by atoms with van der Waals surface area (Å²) in [4.78, 5) is 8.35. The predicted octanol–water partition coefficient (Wildman–Crippen LogP) is 1.45. The van der Waals surface area contributed by atoms with Crippen LogP contribution in [-0.4, -0.2) is 24.2 Å². The summed E-state index contributed by atoms with van der Waals surface area (Å²) in [6.45, 7) is 0. The summed E-state index contributed by atoms with van der Waals surface area (Å²) >= 11 is 0.